The molecule has 2 unspecified atom stereocenters. The molecule has 1 rings (SSSR count). The molecule has 0 amide bonds. The van der Waals surface area contributed by atoms with Crippen LogP contribution in [0.1, 0.15) is 46.5 Å². The van der Waals surface area contributed by atoms with Crippen LogP contribution >= 0.6 is 0 Å². The van der Waals surface area contributed by atoms with Gasteiger partial charge in [-0.2, -0.15) is 0 Å². The van der Waals surface area contributed by atoms with Crippen molar-refractivity contribution in [2.75, 3.05) is 0 Å². The predicted octanol–water partition coefficient (Wildman–Crippen LogP) is 3.47. The molecule has 0 spiro atoms. The summed E-state index contributed by atoms with van der Waals surface area (Å²) in [6.45, 7) is 7.14. The summed E-state index contributed by atoms with van der Waals surface area (Å²) in [7, 11) is 0. The van der Waals surface area contributed by atoms with Crippen LogP contribution in [0.3, 0.4) is 0 Å². The van der Waals surface area contributed by atoms with Crippen molar-refractivity contribution in [2.45, 2.75) is 46.5 Å². The molecule has 0 heterocycles. The number of hydrogen-bond donors (Lipinski definition) is 0. The Labute approximate surface area is 65.0 Å². The number of hydrogen-bond acceptors (Lipinski definition) is 0. The van der Waals surface area contributed by atoms with Crippen molar-refractivity contribution in [2.24, 2.45) is 17.8 Å². The molecule has 0 aromatic carbocycles. The van der Waals surface area contributed by atoms with Crippen molar-refractivity contribution in [3.63, 3.8) is 0 Å². The molecular weight excluding hydrogens is 120 g/mol. The Morgan fingerprint density at radius 1 is 1.40 bits per heavy atom. The summed E-state index contributed by atoms with van der Waals surface area (Å²) in [6, 6.07) is 0. The summed E-state index contributed by atoms with van der Waals surface area (Å²) in [4.78, 5) is 0. The van der Waals surface area contributed by atoms with E-state index in [2.05, 4.69) is 20.8 Å². The minimum Gasteiger partial charge on any atom is -0.0651 e. The molecule has 0 nitrogen and oxygen atoms in total. The van der Waals surface area contributed by atoms with Crippen molar-refractivity contribution in [3.8, 4) is 0 Å². The van der Waals surface area contributed by atoms with Gasteiger partial charge in [-0.25, -0.2) is 0 Å². The van der Waals surface area contributed by atoms with Crippen LogP contribution in [-0.2, 0) is 0 Å². The topological polar surface area (TPSA) is 0 Å². The van der Waals surface area contributed by atoms with E-state index in [1.54, 1.807) is 0 Å². The first-order valence-electron chi connectivity index (χ1n) is 4.75. The fourth-order valence-electron chi connectivity index (χ4n) is 2.32. The lowest BCUT2D eigenvalue weighted by atomic mass is 9.85. The number of rotatable bonds is 2. The Morgan fingerprint density at radius 3 is 2.50 bits per heavy atom. The summed E-state index contributed by atoms with van der Waals surface area (Å²) in [5.74, 6) is 3.03. The van der Waals surface area contributed by atoms with E-state index in [9.17, 15) is 0 Å². The largest absolute Gasteiger partial charge is 0.0651 e. The maximum atomic E-state index is 2.42. The fraction of sp³-hybridized carbons (Fsp3) is 1.00. The molecule has 0 aromatic heterocycles. The van der Waals surface area contributed by atoms with E-state index in [1.165, 1.54) is 25.7 Å². The van der Waals surface area contributed by atoms with Crippen LogP contribution in [0.4, 0.5) is 0 Å². The lowest BCUT2D eigenvalue weighted by molar-refractivity contribution is 0.287. The Hall–Kier alpha value is 0. The first kappa shape index (κ1) is 8.10. The highest BCUT2D eigenvalue weighted by Gasteiger charge is 2.26. The lowest BCUT2D eigenvalue weighted by Crippen LogP contribution is -2.13. The molecule has 0 heteroatoms. The molecule has 1 aliphatic rings. The third-order valence-corrected chi connectivity index (χ3v) is 3.30. The van der Waals surface area contributed by atoms with Crippen LogP contribution in [0.25, 0.3) is 0 Å². The Kier molecular flexibility index (Phi) is 2.76. The van der Waals surface area contributed by atoms with Crippen LogP contribution in [0.15, 0.2) is 0 Å². The van der Waals surface area contributed by atoms with Crippen molar-refractivity contribution in [1.29, 1.82) is 0 Å². The Balaban J connectivity index is 2.38. The van der Waals surface area contributed by atoms with Gasteiger partial charge in [-0.3, -0.25) is 0 Å². The minimum absolute atomic E-state index is 0.970. The molecule has 1 aliphatic carbocycles. The van der Waals surface area contributed by atoms with Gasteiger partial charge in [0.2, 0.25) is 0 Å². The van der Waals surface area contributed by atoms with Crippen LogP contribution < -0.4 is 0 Å². The first-order chi connectivity index (χ1) is 4.75. The van der Waals surface area contributed by atoms with Crippen molar-refractivity contribution in [3.05, 3.63) is 0 Å². The monoisotopic (exact) mass is 140 g/mol. The first-order valence-corrected chi connectivity index (χ1v) is 4.75. The molecule has 0 aromatic rings. The van der Waals surface area contributed by atoms with Gasteiger partial charge in [0.1, 0.15) is 0 Å². The highest BCUT2D eigenvalue weighted by Crippen LogP contribution is 2.37. The SMILES string of the molecule is CC[C@@H](C)C1CCCC1C. The zero-order valence-electron chi connectivity index (χ0n) is 7.56. The van der Waals surface area contributed by atoms with Gasteiger partial charge in [-0.1, -0.05) is 40.0 Å². The second-order valence-corrected chi connectivity index (χ2v) is 3.96. The summed E-state index contributed by atoms with van der Waals surface area (Å²) in [6.07, 6.45) is 5.83. The van der Waals surface area contributed by atoms with E-state index in [-0.39, 0.29) is 0 Å². The molecule has 1 fully saturated rings. The Morgan fingerprint density at radius 2 is 2.10 bits per heavy atom. The van der Waals surface area contributed by atoms with Crippen molar-refractivity contribution >= 4 is 0 Å². The second-order valence-electron chi connectivity index (χ2n) is 3.96. The van der Waals surface area contributed by atoms with Crippen molar-refractivity contribution in [1.82, 2.24) is 0 Å². The normalized spacial score (nSPS) is 36.3. The van der Waals surface area contributed by atoms with Crippen LogP contribution in [0.5, 0.6) is 0 Å². The molecule has 0 radical (unpaired) electrons. The van der Waals surface area contributed by atoms with E-state index >= 15 is 0 Å². The van der Waals surface area contributed by atoms with E-state index in [0.29, 0.717) is 0 Å². The third-order valence-electron chi connectivity index (χ3n) is 3.30. The van der Waals surface area contributed by atoms with E-state index in [4.69, 9.17) is 0 Å². The van der Waals surface area contributed by atoms with Gasteiger partial charge in [0.15, 0.2) is 0 Å². The van der Waals surface area contributed by atoms with E-state index in [0.717, 1.165) is 17.8 Å². The zero-order chi connectivity index (χ0) is 7.56. The summed E-state index contributed by atoms with van der Waals surface area (Å²) < 4.78 is 0. The van der Waals surface area contributed by atoms with Crippen LogP contribution in [0.2, 0.25) is 0 Å². The van der Waals surface area contributed by atoms with Gasteiger partial charge < -0.3 is 0 Å². The van der Waals surface area contributed by atoms with Crippen molar-refractivity contribution < 1.29 is 0 Å². The lowest BCUT2D eigenvalue weighted by Gasteiger charge is -2.21. The maximum absolute atomic E-state index is 2.42. The van der Waals surface area contributed by atoms with E-state index < -0.39 is 0 Å². The molecular formula is C10H20. The molecule has 0 saturated heterocycles. The maximum Gasteiger partial charge on any atom is -0.0363 e. The predicted molar refractivity (Wildman–Crippen MR) is 46.0 cm³/mol. The van der Waals surface area contributed by atoms with Gasteiger partial charge in [0, 0.05) is 0 Å². The third kappa shape index (κ3) is 1.53. The molecule has 0 aliphatic heterocycles. The fourth-order valence-corrected chi connectivity index (χ4v) is 2.32. The summed E-state index contributed by atoms with van der Waals surface area (Å²) >= 11 is 0. The summed E-state index contributed by atoms with van der Waals surface area (Å²) in [5.41, 5.74) is 0. The minimum atomic E-state index is 0.970. The van der Waals surface area contributed by atoms with Gasteiger partial charge in [0.25, 0.3) is 0 Å². The van der Waals surface area contributed by atoms with Gasteiger partial charge >= 0.3 is 0 Å². The molecule has 0 bridgehead atoms. The van der Waals surface area contributed by atoms with Gasteiger partial charge in [0.05, 0.1) is 0 Å². The van der Waals surface area contributed by atoms with Crippen LogP contribution in [-0.4, -0.2) is 0 Å². The Bertz CT molecular complexity index is 96.2. The molecule has 1 saturated carbocycles. The zero-order valence-corrected chi connectivity index (χ0v) is 7.56. The van der Waals surface area contributed by atoms with Gasteiger partial charge in [-0.15, -0.1) is 0 Å². The van der Waals surface area contributed by atoms with Gasteiger partial charge in [-0.05, 0) is 24.2 Å². The average molecular weight is 140 g/mol. The highest BCUT2D eigenvalue weighted by atomic mass is 14.3. The average Bonchev–Trinajstić information content (AvgIpc) is 2.34. The molecule has 3 atom stereocenters. The highest BCUT2D eigenvalue weighted by molar-refractivity contribution is 4.77. The molecule has 60 valence electrons. The standard InChI is InChI=1S/C10H20/c1-4-8(2)10-7-5-6-9(10)3/h8-10H,4-7H2,1-3H3/t8-,9?,10?/m1/s1. The summed E-state index contributed by atoms with van der Waals surface area (Å²) in [5, 5.41) is 0. The van der Waals surface area contributed by atoms with Crippen LogP contribution in [0, 0.1) is 17.8 Å². The quantitative estimate of drug-likeness (QED) is 0.551. The molecule has 10 heavy (non-hydrogen) atoms. The smallest absolute Gasteiger partial charge is 0.0363 e. The second kappa shape index (κ2) is 3.41. The molecule has 0 N–H and O–H groups in total. The van der Waals surface area contributed by atoms with E-state index in [1.807, 2.05) is 0 Å².